The molecular formula is C22H28N2O4S. The first-order chi connectivity index (χ1) is 13.8. The van der Waals surface area contributed by atoms with Gasteiger partial charge in [-0.25, -0.2) is 8.42 Å². The predicted molar refractivity (Wildman–Crippen MR) is 114 cm³/mol. The molecule has 0 radical (unpaired) electrons. The highest BCUT2D eigenvalue weighted by molar-refractivity contribution is 7.89. The number of nitrogens with one attached hydrogen (secondary N) is 1. The van der Waals surface area contributed by atoms with E-state index in [0.717, 1.165) is 29.7 Å². The molecule has 0 spiro atoms. The molecule has 1 N–H and O–H groups in total. The van der Waals surface area contributed by atoms with E-state index in [0.29, 0.717) is 18.8 Å². The van der Waals surface area contributed by atoms with Crippen LogP contribution in [0.5, 0.6) is 5.75 Å². The summed E-state index contributed by atoms with van der Waals surface area (Å²) in [6.45, 7) is 7.09. The summed E-state index contributed by atoms with van der Waals surface area (Å²) in [7, 11) is -2.16. The standard InChI is InChI=1S/C22H28N2O4S/c1-15(2)18-9-7-8-16(3)21(18)23-22(25)19-14-17(10-11-20(19)28-4)29(26,27)24-12-5-6-13-24/h7-11,14-15H,5-6,12-13H2,1-4H3,(H,23,25). The Morgan fingerprint density at radius 1 is 1.14 bits per heavy atom. The maximum atomic E-state index is 13.1. The normalized spacial score (nSPS) is 14.9. The van der Waals surface area contributed by atoms with Crippen molar-refractivity contribution in [1.82, 2.24) is 4.31 Å². The zero-order valence-electron chi connectivity index (χ0n) is 17.4. The molecule has 0 aromatic heterocycles. The average molecular weight is 417 g/mol. The monoisotopic (exact) mass is 416 g/mol. The summed E-state index contributed by atoms with van der Waals surface area (Å²) in [5.41, 5.74) is 2.93. The molecule has 0 bridgehead atoms. The highest BCUT2D eigenvalue weighted by Gasteiger charge is 2.29. The zero-order valence-corrected chi connectivity index (χ0v) is 18.2. The molecule has 6 nitrogen and oxygen atoms in total. The van der Waals surface area contributed by atoms with Crippen molar-refractivity contribution in [3.05, 3.63) is 53.1 Å². The van der Waals surface area contributed by atoms with Gasteiger partial charge in [-0.2, -0.15) is 4.31 Å². The molecule has 0 unspecified atom stereocenters. The molecule has 1 aliphatic heterocycles. The van der Waals surface area contributed by atoms with E-state index in [2.05, 4.69) is 19.2 Å². The van der Waals surface area contributed by atoms with Crippen LogP contribution in [0.15, 0.2) is 41.3 Å². The van der Waals surface area contributed by atoms with Crippen LogP contribution in [0.4, 0.5) is 5.69 Å². The molecule has 1 fully saturated rings. The number of nitrogens with zero attached hydrogens (tertiary/aromatic N) is 1. The Balaban J connectivity index is 1.99. The summed E-state index contributed by atoms with van der Waals surface area (Å²) in [5, 5.41) is 2.97. The fourth-order valence-corrected chi connectivity index (χ4v) is 5.17. The van der Waals surface area contributed by atoms with Gasteiger partial charge < -0.3 is 10.1 Å². The molecule has 0 atom stereocenters. The van der Waals surface area contributed by atoms with Crippen LogP contribution in [0.25, 0.3) is 0 Å². The molecule has 3 rings (SSSR count). The molecule has 29 heavy (non-hydrogen) atoms. The van der Waals surface area contributed by atoms with E-state index >= 15 is 0 Å². The molecule has 2 aromatic carbocycles. The number of hydrogen-bond donors (Lipinski definition) is 1. The second-order valence-corrected chi connectivity index (χ2v) is 9.56. The lowest BCUT2D eigenvalue weighted by atomic mass is 9.98. The van der Waals surface area contributed by atoms with Gasteiger partial charge in [-0.15, -0.1) is 0 Å². The third-order valence-corrected chi connectivity index (χ3v) is 7.18. The van der Waals surface area contributed by atoms with Crippen LogP contribution < -0.4 is 10.1 Å². The number of hydrogen-bond acceptors (Lipinski definition) is 4. The first-order valence-corrected chi connectivity index (χ1v) is 11.3. The Hall–Kier alpha value is -2.38. The van der Waals surface area contributed by atoms with E-state index in [9.17, 15) is 13.2 Å². The van der Waals surface area contributed by atoms with Crippen molar-refractivity contribution < 1.29 is 17.9 Å². The van der Waals surface area contributed by atoms with Crippen molar-refractivity contribution in [3.63, 3.8) is 0 Å². The van der Waals surface area contributed by atoms with Gasteiger partial charge in [0, 0.05) is 18.8 Å². The van der Waals surface area contributed by atoms with Crippen LogP contribution in [0.1, 0.15) is 54.1 Å². The topological polar surface area (TPSA) is 75.7 Å². The number of carbonyl (C=O) groups is 1. The first-order valence-electron chi connectivity index (χ1n) is 9.84. The van der Waals surface area contributed by atoms with Crippen LogP contribution >= 0.6 is 0 Å². The molecule has 1 heterocycles. The minimum absolute atomic E-state index is 0.110. The lowest BCUT2D eigenvalue weighted by Gasteiger charge is -2.19. The largest absolute Gasteiger partial charge is 0.496 e. The van der Waals surface area contributed by atoms with Gasteiger partial charge in [0.15, 0.2) is 0 Å². The molecular weight excluding hydrogens is 388 g/mol. The molecule has 2 aromatic rings. The maximum absolute atomic E-state index is 13.1. The summed E-state index contributed by atoms with van der Waals surface area (Å²) in [6, 6.07) is 10.3. The second-order valence-electron chi connectivity index (χ2n) is 7.62. The fraction of sp³-hybridized carbons (Fsp3) is 0.409. The molecule has 1 aliphatic rings. The minimum atomic E-state index is -3.62. The Kier molecular flexibility index (Phi) is 6.29. The second kappa shape index (κ2) is 8.55. The van der Waals surface area contributed by atoms with Crippen molar-refractivity contribution in [2.75, 3.05) is 25.5 Å². The summed E-state index contributed by atoms with van der Waals surface area (Å²) in [4.78, 5) is 13.2. The number of aryl methyl sites for hydroxylation is 1. The van der Waals surface area contributed by atoms with Gasteiger partial charge in [0.1, 0.15) is 5.75 Å². The fourth-order valence-electron chi connectivity index (χ4n) is 3.63. The Morgan fingerprint density at radius 3 is 2.45 bits per heavy atom. The summed E-state index contributed by atoms with van der Waals surface area (Å²) in [6.07, 6.45) is 1.71. The molecule has 0 saturated carbocycles. The first kappa shape index (κ1) is 21.3. The van der Waals surface area contributed by atoms with Crippen LogP contribution in [0.3, 0.4) is 0 Å². The number of sulfonamides is 1. The van der Waals surface area contributed by atoms with E-state index in [1.165, 1.54) is 23.5 Å². The summed E-state index contributed by atoms with van der Waals surface area (Å²) in [5.74, 6) is 0.174. The van der Waals surface area contributed by atoms with Gasteiger partial charge in [0.25, 0.3) is 5.91 Å². The summed E-state index contributed by atoms with van der Waals surface area (Å²) >= 11 is 0. The van der Waals surface area contributed by atoms with E-state index < -0.39 is 15.9 Å². The number of methoxy groups -OCH3 is 1. The number of amides is 1. The van der Waals surface area contributed by atoms with Gasteiger partial charge in [0.2, 0.25) is 10.0 Å². The third-order valence-electron chi connectivity index (χ3n) is 5.28. The summed E-state index contributed by atoms with van der Waals surface area (Å²) < 4.78 is 32.6. The van der Waals surface area contributed by atoms with E-state index in [1.54, 1.807) is 6.07 Å². The Morgan fingerprint density at radius 2 is 1.83 bits per heavy atom. The van der Waals surface area contributed by atoms with Crippen molar-refractivity contribution in [3.8, 4) is 5.75 Å². The predicted octanol–water partition coefficient (Wildman–Crippen LogP) is 4.16. The number of carbonyl (C=O) groups excluding carboxylic acids is 1. The molecule has 7 heteroatoms. The minimum Gasteiger partial charge on any atom is -0.496 e. The maximum Gasteiger partial charge on any atom is 0.259 e. The van der Waals surface area contributed by atoms with Crippen LogP contribution in [-0.2, 0) is 10.0 Å². The van der Waals surface area contributed by atoms with Gasteiger partial charge >= 0.3 is 0 Å². The van der Waals surface area contributed by atoms with Gasteiger partial charge in [-0.05, 0) is 55.0 Å². The van der Waals surface area contributed by atoms with Crippen LogP contribution in [0.2, 0.25) is 0 Å². The zero-order chi connectivity index (χ0) is 21.2. The smallest absolute Gasteiger partial charge is 0.259 e. The van der Waals surface area contributed by atoms with Crippen LogP contribution in [0, 0.1) is 6.92 Å². The Bertz CT molecular complexity index is 1010. The molecule has 1 amide bonds. The molecule has 156 valence electrons. The van der Waals surface area contributed by atoms with E-state index in [-0.39, 0.29) is 16.4 Å². The van der Waals surface area contributed by atoms with E-state index in [4.69, 9.17) is 4.74 Å². The van der Waals surface area contributed by atoms with Crippen molar-refractivity contribution in [2.45, 2.75) is 44.4 Å². The van der Waals surface area contributed by atoms with Crippen molar-refractivity contribution >= 4 is 21.6 Å². The van der Waals surface area contributed by atoms with Crippen molar-refractivity contribution in [1.29, 1.82) is 0 Å². The number of anilines is 1. The quantitative estimate of drug-likeness (QED) is 0.767. The molecule has 1 saturated heterocycles. The number of benzene rings is 2. The van der Waals surface area contributed by atoms with Gasteiger partial charge in [0.05, 0.1) is 17.6 Å². The number of ether oxygens (including phenoxy) is 1. The highest BCUT2D eigenvalue weighted by Crippen LogP contribution is 2.30. The Labute approximate surface area is 172 Å². The van der Waals surface area contributed by atoms with Gasteiger partial charge in [-0.3, -0.25) is 4.79 Å². The third kappa shape index (κ3) is 4.31. The van der Waals surface area contributed by atoms with E-state index in [1.807, 2.05) is 25.1 Å². The SMILES string of the molecule is COc1ccc(S(=O)(=O)N2CCCC2)cc1C(=O)Nc1c(C)cccc1C(C)C. The molecule has 0 aliphatic carbocycles. The highest BCUT2D eigenvalue weighted by atomic mass is 32.2. The van der Waals surface area contributed by atoms with Crippen LogP contribution in [-0.4, -0.2) is 38.8 Å². The lowest BCUT2D eigenvalue weighted by molar-refractivity contribution is 0.102. The lowest BCUT2D eigenvalue weighted by Crippen LogP contribution is -2.28. The number of rotatable bonds is 6. The average Bonchev–Trinajstić information content (AvgIpc) is 3.24. The number of para-hydroxylation sites is 1. The van der Waals surface area contributed by atoms with Gasteiger partial charge in [-0.1, -0.05) is 32.0 Å². The van der Waals surface area contributed by atoms with Crippen molar-refractivity contribution in [2.24, 2.45) is 0 Å².